The summed E-state index contributed by atoms with van der Waals surface area (Å²) in [5.74, 6) is 1.02. The van der Waals surface area contributed by atoms with Crippen LogP contribution in [0.25, 0.3) is 0 Å². The number of carbonyl (C=O) groups is 4. The van der Waals surface area contributed by atoms with E-state index in [1.807, 2.05) is 0 Å². The molecule has 52 heavy (non-hydrogen) atoms. The van der Waals surface area contributed by atoms with E-state index >= 15 is 0 Å². The van der Waals surface area contributed by atoms with Crippen molar-refractivity contribution in [3.05, 3.63) is 0 Å². The number of carbonyl (C=O) groups excluding carboxylic acids is 2. The lowest BCUT2D eigenvalue weighted by Gasteiger charge is -2.30. The number of carboxylic acids is 2. The lowest BCUT2D eigenvalue weighted by atomic mass is 9.74. The van der Waals surface area contributed by atoms with E-state index in [-0.39, 0.29) is 18.4 Å². The molecule has 0 amide bonds. The standard InChI is InChI=1S/2C22H42O4/c1-19(2)13-7-5-11-17-25-21(23)15-9-10-16-22(24)26-18-12-6-8-14-20(3)4;1-18(2)12-7-5-9-15-22(21(25)26,17-11-14-20(23)24)16-10-6-8-13-19(3)4/h19-20H,5-18H2,1-4H3;18-19H,5-17H2,1-4H3,(H,23,24)(H,25,26). The summed E-state index contributed by atoms with van der Waals surface area (Å²) in [5, 5.41) is 18.8. The third-order valence-electron chi connectivity index (χ3n) is 9.76. The summed E-state index contributed by atoms with van der Waals surface area (Å²) < 4.78 is 10.4. The van der Waals surface area contributed by atoms with Crippen LogP contribution in [0.1, 0.15) is 216 Å². The highest BCUT2D eigenvalue weighted by molar-refractivity contribution is 5.74. The van der Waals surface area contributed by atoms with Crippen LogP contribution in [0.3, 0.4) is 0 Å². The van der Waals surface area contributed by atoms with E-state index in [1.165, 1.54) is 38.5 Å². The second-order valence-corrected chi connectivity index (χ2v) is 17.0. The number of carboxylic acid groups (broad SMARTS) is 2. The Morgan fingerprint density at radius 1 is 0.423 bits per heavy atom. The number of ether oxygens (including phenoxy) is 2. The first-order chi connectivity index (χ1) is 24.6. The number of hydrogen-bond acceptors (Lipinski definition) is 6. The van der Waals surface area contributed by atoms with Crippen molar-refractivity contribution in [1.82, 2.24) is 0 Å². The van der Waals surface area contributed by atoms with Gasteiger partial charge in [-0.05, 0) is 75.0 Å². The summed E-state index contributed by atoms with van der Waals surface area (Å²) in [6.07, 6.45) is 22.2. The monoisotopic (exact) mass is 741 g/mol. The molecule has 2 N–H and O–H groups in total. The van der Waals surface area contributed by atoms with Crippen molar-refractivity contribution in [2.45, 2.75) is 216 Å². The molecule has 0 aliphatic heterocycles. The molecule has 0 aromatic heterocycles. The first-order valence-corrected chi connectivity index (χ1v) is 21.4. The van der Waals surface area contributed by atoms with Gasteiger partial charge in [0.15, 0.2) is 0 Å². The van der Waals surface area contributed by atoms with Gasteiger partial charge in [0.25, 0.3) is 0 Å². The maximum Gasteiger partial charge on any atom is 0.309 e. The minimum absolute atomic E-state index is 0.0652. The molecule has 8 nitrogen and oxygen atoms in total. The highest BCUT2D eigenvalue weighted by Gasteiger charge is 2.36. The molecule has 0 radical (unpaired) electrons. The fourth-order valence-electron chi connectivity index (χ4n) is 6.38. The van der Waals surface area contributed by atoms with Gasteiger partial charge in [-0.25, -0.2) is 0 Å². The molecule has 0 aliphatic carbocycles. The molecular weight excluding hydrogens is 656 g/mol. The molecule has 0 spiro atoms. The van der Waals surface area contributed by atoms with E-state index in [0.29, 0.717) is 76.4 Å². The van der Waals surface area contributed by atoms with Crippen LogP contribution in [0.5, 0.6) is 0 Å². The summed E-state index contributed by atoms with van der Waals surface area (Å²) in [5.41, 5.74) is -0.731. The molecule has 0 fully saturated rings. The number of aliphatic carboxylic acids is 2. The fraction of sp³-hybridized carbons (Fsp3) is 0.909. The van der Waals surface area contributed by atoms with Gasteiger partial charge in [-0.2, -0.15) is 0 Å². The van der Waals surface area contributed by atoms with Gasteiger partial charge in [0.05, 0.1) is 18.6 Å². The Hall–Kier alpha value is -2.12. The lowest BCUT2D eigenvalue weighted by molar-refractivity contribution is -0.151. The number of hydrogen-bond donors (Lipinski definition) is 2. The second kappa shape index (κ2) is 34.6. The predicted molar refractivity (Wildman–Crippen MR) is 214 cm³/mol. The first-order valence-electron chi connectivity index (χ1n) is 21.4. The molecule has 0 bridgehead atoms. The second-order valence-electron chi connectivity index (χ2n) is 17.0. The van der Waals surface area contributed by atoms with Crippen molar-refractivity contribution in [1.29, 1.82) is 0 Å². The Kier molecular flexibility index (Phi) is 34.6. The SMILES string of the molecule is CC(C)CCCCCC(CCCCCC(C)C)(CCCC(=O)O)C(=O)O.CC(C)CCCCCOC(=O)CCCCC(=O)OCCCCCC(C)C. The maximum absolute atomic E-state index is 12.1. The summed E-state index contributed by atoms with van der Waals surface area (Å²) in [4.78, 5) is 46.1. The van der Waals surface area contributed by atoms with Gasteiger partial charge in [-0.15, -0.1) is 0 Å². The fourth-order valence-corrected chi connectivity index (χ4v) is 6.38. The van der Waals surface area contributed by atoms with Crippen LogP contribution in [-0.2, 0) is 28.7 Å². The van der Waals surface area contributed by atoms with Crippen LogP contribution in [0.4, 0.5) is 0 Å². The summed E-state index contributed by atoms with van der Waals surface area (Å²) >= 11 is 0. The molecule has 0 saturated carbocycles. The Morgan fingerprint density at radius 3 is 1.06 bits per heavy atom. The highest BCUT2D eigenvalue weighted by atomic mass is 16.5. The predicted octanol–water partition coefficient (Wildman–Crippen LogP) is 12.6. The number of unbranched alkanes of at least 4 members (excludes halogenated alkanes) is 9. The van der Waals surface area contributed by atoms with Crippen molar-refractivity contribution in [2.75, 3.05) is 13.2 Å². The molecule has 0 aromatic carbocycles. The van der Waals surface area contributed by atoms with Crippen LogP contribution >= 0.6 is 0 Å². The van der Waals surface area contributed by atoms with Crippen molar-refractivity contribution >= 4 is 23.9 Å². The molecule has 308 valence electrons. The molecule has 8 heteroatoms. The van der Waals surface area contributed by atoms with Crippen molar-refractivity contribution in [3.63, 3.8) is 0 Å². The minimum atomic E-state index is -0.835. The molecule has 0 unspecified atom stereocenters. The molecule has 0 saturated heterocycles. The van der Waals surface area contributed by atoms with E-state index in [0.717, 1.165) is 76.0 Å². The zero-order valence-electron chi connectivity index (χ0n) is 35.2. The number of esters is 2. The van der Waals surface area contributed by atoms with Gasteiger partial charge in [0.2, 0.25) is 0 Å². The maximum atomic E-state index is 12.1. The van der Waals surface area contributed by atoms with E-state index in [4.69, 9.17) is 14.6 Å². The molecular formula is C44H84O8. The molecule has 0 atom stereocenters. The van der Waals surface area contributed by atoms with E-state index < -0.39 is 17.4 Å². The van der Waals surface area contributed by atoms with Gasteiger partial charge in [-0.3, -0.25) is 19.2 Å². The summed E-state index contributed by atoms with van der Waals surface area (Å²) in [7, 11) is 0. The van der Waals surface area contributed by atoms with Crippen LogP contribution < -0.4 is 0 Å². The smallest absolute Gasteiger partial charge is 0.309 e. The van der Waals surface area contributed by atoms with Crippen LogP contribution in [0, 0.1) is 29.1 Å². The van der Waals surface area contributed by atoms with Gasteiger partial charge >= 0.3 is 23.9 Å². The van der Waals surface area contributed by atoms with Crippen LogP contribution in [0.15, 0.2) is 0 Å². The van der Waals surface area contributed by atoms with Crippen molar-refractivity contribution < 1.29 is 38.9 Å². The zero-order chi connectivity index (χ0) is 39.6. The van der Waals surface area contributed by atoms with Crippen LogP contribution in [0.2, 0.25) is 0 Å². The molecule has 0 aromatic rings. The minimum Gasteiger partial charge on any atom is -0.481 e. The third-order valence-corrected chi connectivity index (χ3v) is 9.76. The van der Waals surface area contributed by atoms with Gasteiger partial charge < -0.3 is 19.7 Å². The third kappa shape index (κ3) is 36.2. The van der Waals surface area contributed by atoms with E-state index in [9.17, 15) is 24.3 Å². The summed E-state index contributed by atoms with van der Waals surface area (Å²) in [6, 6.07) is 0. The van der Waals surface area contributed by atoms with Crippen molar-refractivity contribution in [2.24, 2.45) is 29.1 Å². The van der Waals surface area contributed by atoms with Gasteiger partial charge in [-0.1, -0.05) is 145 Å². The number of rotatable bonds is 34. The molecule has 0 rings (SSSR count). The average molecular weight is 741 g/mol. The van der Waals surface area contributed by atoms with Gasteiger partial charge in [0.1, 0.15) is 0 Å². The zero-order valence-corrected chi connectivity index (χ0v) is 35.2. The molecule has 0 heterocycles. The Morgan fingerprint density at radius 2 is 0.750 bits per heavy atom. The summed E-state index contributed by atoms with van der Waals surface area (Å²) in [6.45, 7) is 18.8. The largest absolute Gasteiger partial charge is 0.481 e. The van der Waals surface area contributed by atoms with Crippen LogP contribution in [-0.4, -0.2) is 47.3 Å². The lowest BCUT2D eigenvalue weighted by Crippen LogP contribution is -2.31. The average Bonchev–Trinajstić information content (AvgIpc) is 3.05. The topological polar surface area (TPSA) is 127 Å². The van der Waals surface area contributed by atoms with Crippen molar-refractivity contribution in [3.8, 4) is 0 Å². The Labute approximate surface area is 320 Å². The first kappa shape index (κ1) is 52.0. The van der Waals surface area contributed by atoms with Gasteiger partial charge in [0, 0.05) is 19.3 Å². The highest BCUT2D eigenvalue weighted by Crippen LogP contribution is 2.38. The quantitative estimate of drug-likeness (QED) is 0.0493. The Bertz CT molecular complexity index is 827. The normalized spacial score (nSPS) is 11.6. The van der Waals surface area contributed by atoms with E-state index in [2.05, 4.69) is 55.4 Å². The van der Waals surface area contributed by atoms with E-state index in [1.54, 1.807) is 0 Å². The Balaban J connectivity index is 0. The molecule has 0 aliphatic rings.